The van der Waals surface area contributed by atoms with Gasteiger partial charge in [-0.3, -0.25) is 0 Å². The van der Waals surface area contributed by atoms with Crippen molar-refractivity contribution in [1.29, 1.82) is 0 Å². The Labute approximate surface area is 96.0 Å². The van der Waals surface area contributed by atoms with Gasteiger partial charge in [0.1, 0.15) is 0 Å². The third kappa shape index (κ3) is 1.74. The molecule has 0 fully saturated rings. The van der Waals surface area contributed by atoms with Gasteiger partial charge in [-0.1, -0.05) is 36.4 Å². The quantitative estimate of drug-likeness (QED) is 0.873. The first-order valence-electron chi connectivity index (χ1n) is 4.75. The van der Waals surface area contributed by atoms with Crippen molar-refractivity contribution in [3.63, 3.8) is 0 Å². The van der Waals surface area contributed by atoms with Crippen LogP contribution in [0.5, 0.6) is 0 Å². The number of thiophene rings is 1. The van der Waals surface area contributed by atoms with Crippen LogP contribution in [0.25, 0.3) is 0 Å². The van der Waals surface area contributed by atoms with E-state index in [9.17, 15) is 13.9 Å². The molecule has 0 aliphatic heterocycles. The van der Waals surface area contributed by atoms with Crippen molar-refractivity contribution in [1.82, 2.24) is 0 Å². The summed E-state index contributed by atoms with van der Waals surface area (Å²) < 4.78 is 26.2. The molecule has 1 heterocycles. The highest BCUT2D eigenvalue weighted by Crippen LogP contribution is 2.37. The molecule has 1 unspecified atom stereocenters. The minimum absolute atomic E-state index is 0.215. The van der Waals surface area contributed by atoms with Crippen molar-refractivity contribution in [2.24, 2.45) is 0 Å². The van der Waals surface area contributed by atoms with E-state index in [0.717, 1.165) is 11.3 Å². The fourth-order valence-electron chi connectivity index (χ4n) is 1.56. The Kier molecular flexibility index (Phi) is 3.03. The first kappa shape index (κ1) is 11.2. The highest BCUT2D eigenvalue weighted by Gasteiger charge is 2.42. The summed E-state index contributed by atoms with van der Waals surface area (Å²) >= 11 is 1.12. The molecule has 0 amide bonds. The van der Waals surface area contributed by atoms with E-state index in [0.29, 0.717) is 0 Å². The lowest BCUT2D eigenvalue weighted by molar-refractivity contribution is -0.0694. The summed E-state index contributed by atoms with van der Waals surface area (Å²) in [4.78, 5) is 0.258. The lowest BCUT2D eigenvalue weighted by atomic mass is 9.93. The van der Waals surface area contributed by atoms with Crippen LogP contribution in [-0.2, 0) is 5.60 Å². The van der Waals surface area contributed by atoms with Crippen LogP contribution in [0.2, 0.25) is 0 Å². The summed E-state index contributed by atoms with van der Waals surface area (Å²) in [5.41, 5.74) is -1.98. The van der Waals surface area contributed by atoms with Crippen LogP contribution < -0.4 is 0 Å². The van der Waals surface area contributed by atoms with Gasteiger partial charge in [-0.15, -0.1) is 11.3 Å². The summed E-state index contributed by atoms with van der Waals surface area (Å²) in [7, 11) is 0. The summed E-state index contributed by atoms with van der Waals surface area (Å²) in [5.74, 6) is 0. The van der Waals surface area contributed by atoms with Gasteiger partial charge in [0, 0.05) is 4.88 Å². The second-order valence-corrected chi connectivity index (χ2v) is 4.36. The van der Waals surface area contributed by atoms with Crippen LogP contribution in [0, 0.1) is 0 Å². The smallest absolute Gasteiger partial charge is 0.275 e. The molecule has 0 radical (unpaired) electrons. The fourth-order valence-corrected chi connectivity index (χ4v) is 2.41. The van der Waals surface area contributed by atoms with E-state index in [1.165, 1.54) is 18.2 Å². The lowest BCUT2D eigenvalue weighted by Gasteiger charge is -2.26. The maximum Gasteiger partial charge on any atom is 0.275 e. The molecule has 1 atom stereocenters. The molecule has 1 aromatic carbocycles. The van der Waals surface area contributed by atoms with E-state index < -0.39 is 12.0 Å². The van der Waals surface area contributed by atoms with Crippen LogP contribution in [0.3, 0.4) is 0 Å². The second-order valence-electron chi connectivity index (χ2n) is 3.41. The van der Waals surface area contributed by atoms with E-state index in [1.807, 2.05) is 0 Å². The number of hydrogen-bond acceptors (Lipinski definition) is 2. The van der Waals surface area contributed by atoms with E-state index in [-0.39, 0.29) is 10.4 Å². The van der Waals surface area contributed by atoms with Crippen LogP contribution in [-0.4, -0.2) is 11.5 Å². The first-order valence-corrected chi connectivity index (χ1v) is 5.63. The Morgan fingerprint density at radius 3 is 2.25 bits per heavy atom. The van der Waals surface area contributed by atoms with E-state index in [4.69, 9.17) is 0 Å². The molecule has 0 saturated carbocycles. The summed E-state index contributed by atoms with van der Waals surface area (Å²) in [5, 5.41) is 11.9. The zero-order valence-electron chi connectivity index (χ0n) is 8.31. The molecule has 84 valence electrons. The molecule has 2 rings (SSSR count). The molecule has 16 heavy (non-hydrogen) atoms. The predicted octanol–water partition coefficient (Wildman–Crippen LogP) is 3.25. The van der Waals surface area contributed by atoms with Gasteiger partial charge in [-0.2, -0.15) is 0 Å². The van der Waals surface area contributed by atoms with Gasteiger partial charge in [-0.25, -0.2) is 8.78 Å². The number of alkyl halides is 2. The van der Waals surface area contributed by atoms with Gasteiger partial charge in [0.25, 0.3) is 6.43 Å². The summed E-state index contributed by atoms with van der Waals surface area (Å²) in [6.07, 6.45) is -2.85. The average Bonchev–Trinajstić information content (AvgIpc) is 2.82. The Balaban J connectivity index is 2.53. The number of hydrogen-bond donors (Lipinski definition) is 1. The Morgan fingerprint density at radius 1 is 1.06 bits per heavy atom. The number of rotatable bonds is 3. The van der Waals surface area contributed by atoms with E-state index >= 15 is 0 Å². The largest absolute Gasteiger partial charge is 0.374 e. The van der Waals surface area contributed by atoms with Crippen LogP contribution >= 0.6 is 11.3 Å². The van der Waals surface area contributed by atoms with Gasteiger partial charge in [-0.05, 0) is 17.0 Å². The van der Waals surface area contributed by atoms with Crippen LogP contribution in [0.15, 0.2) is 47.8 Å². The summed E-state index contributed by atoms with van der Waals surface area (Å²) in [6.45, 7) is 0. The van der Waals surface area contributed by atoms with Gasteiger partial charge in [0.15, 0.2) is 5.60 Å². The number of benzene rings is 1. The van der Waals surface area contributed by atoms with E-state index in [2.05, 4.69) is 0 Å². The third-order valence-electron chi connectivity index (χ3n) is 2.43. The Morgan fingerprint density at radius 2 is 1.75 bits per heavy atom. The van der Waals surface area contributed by atoms with Gasteiger partial charge in [0.2, 0.25) is 0 Å². The van der Waals surface area contributed by atoms with Crippen LogP contribution in [0.1, 0.15) is 10.4 Å². The zero-order chi connectivity index (χ0) is 11.6. The maximum absolute atomic E-state index is 13.1. The monoisotopic (exact) mass is 240 g/mol. The number of halogens is 2. The SMILES string of the molecule is OC(c1ccccc1)(c1cccs1)C(F)F. The Bertz CT molecular complexity index is 441. The molecule has 0 aliphatic rings. The highest BCUT2D eigenvalue weighted by atomic mass is 32.1. The molecule has 1 N–H and O–H groups in total. The molecule has 0 saturated heterocycles. The van der Waals surface area contributed by atoms with Crippen molar-refractivity contribution >= 4 is 11.3 Å². The topological polar surface area (TPSA) is 20.2 Å². The lowest BCUT2D eigenvalue weighted by Crippen LogP contribution is -2.34. The molecule has 0 bridgehead atoms. The maximum atomic E-state index is 13.1. The van der Waals surface area contributed by atoms with Crippen molar-refractivity contribution < 1.29 is 13.9 Å². The third-order valence-corrected chi connectivity index (χ3v) is 3.42. The summed E-state index contributed by atoms with van der Waals surface area (Å²) in [6, 6.07) is 11.2. The molecule has 1 nitrogen and oxygen atoms in total. The molecule has 1 aromatic heterocycles. The van der Waals surface area contributed by atoms with Gasteiger partial charge < -0.3 is 5.11 Å². The first-order chi connectivity index (χ1) is 7.65. The van der Waals surface area contributed by atoms with Crippen LogP contribution in [0.4, 0.5) is 8.78 Å². The van der Waals surface area contributed by atoms with Crippen molar-refractivity contribution in [2.45, 2.75) is 12.0 Å². The van der Waals surface area contributed by atoms with Crippen molar-refractivity contribution in [2.75, 3.05) is 0 Å². The molecule has 2 aromatic rings. The molecular weight excluding hydrogens is 230 g/mol. The van der Waals surface area contributed by atoms with Gasteiger partial charge >= 0.3 is 0 Å². The fraction of sp³-hybridized carbons (Fsp3) is 0.167. The molecular formula is C12H10F2OS. The molecule has 0 spiro atoms. The molecule has 0 aliphatic carbocycles. The normalized spacial score (nSPS) is 15.0. The predicted molar refractivity (Wildman–Crippen MR) is 59.8 cm³/mol. The zero-order valence-corrected chi connectivity index (χ0v) is 9.12. The Hall–Kier alpha value is -1.26. The van der Waals surface area contributed by atoms with Crippen molar-refractivity contribution in [3.8, 4) is 0 Å². The number of aliphatic hydroxyl groups is 1. The van der Waals surface area contributed by atoms with Gasteiger partial charge in [0.05, 0.1) is 0 Å². The van der Waals surface area contributed by atoms with Crippen molar-refractivity contribution in [3.05, 3.63) is 58.3 Å². The average molecular weight is 240 g/mol. The van der Waals surface area contributed by atoms with E-state index in [1.54, 1.807) is 29.6 Å². The second kappa shape index (κ2) is 4.31. The molecule has 4 heteroatoms. The highest BCUT2D eigenvalue weighted by molar-refractivity contribution is 7.10. The minimum Gasteiger partial charge on any atom is -0.374 e. The standard InChI is InChI=1S/C12H10F2OS/c13-11(14)12(15,10-7-4-8-16-10)9-5-2-1-3-6-9/h1-8,11,15H. The minimum atomic E-state index is -2.85.